The molecule has 0 radical (unpaired) electrons. The average molecular weight is 216 g/mol. The Labute approximate surface area is 92.2 Å². The van der Waals surface area contributed by atoms with Crippen molar-refractivity contribution in [1.82, 2.24) is 0 Å². The molecule has 1 aromatic carbocycles. The highest BCUT2D eigenvalue weighted by Crippen LogP contribution is 1.94. The maximum absolute atomic E-state index is 5.51. The SMILES string of the molecule is CCO[NH+](CC)Cc1ccccc1.[Cl-]. The van der Waals surface area contributed by atoms with Crippen LogP contribution in [-0.2, 0) is 11.4 Å². The summed E-state index contributed by atoms with van der Waals surface area (Å²) in [4.78, 5) is 5.51. The molecule has 1 rings (SSSR count). The van der Waals surface area contributed by atoms with Crippen molar-refractivity contribution in [3.63, 3.8) is 0 Å². The van der Waals surface area contributed by atoms with Crippen LogP contribution >= 0.6 is 0 Å². The first-order chi connectivity index (χ1) is 6.36. The molecule has 0 aliphatic heterocycles. The molecular weight excluding hydrogens is 198 g/mol. The van der Waals surface area contributed by atoms with E-state index < -0.39 is 0 Å². The summed E-state index contributed by atoms with van der Waals surface area (Å²) in [6, 6.07) is 10.4. The van der Waals surface area contributed by atoms with Gasteiger partial charge in [-0.2, -0.15) is 5.06 Å². The Morgan fingerprint density at radius 2 is 1.79 bits per heavy atom. The number of hydroxylamine groups is 2. The first kappa shape index (κ1) is 13.4. The smallest absolute Gasteiger partial charge is 0.133 e. The fraction of sp³-hybridized carbons (Fsp3) is 0.455. The largest absolute Gasteiger partial charge is 1.00 e. The van der Waals surface area contributed by atoms with E-state index in [1.54, 1.807) is 0 Å². The number of quaternary nitrogens is 1. The minimum Gasteiger partial charge on any atom is -1.00 e. The normalized spacial score (nSPS) is 11.9. The Hall–Kier alpha value is -0.570. The first-order valence-electron chi connectivity index (χ1n) is 4.88. The zero-order chi connectivity index (χ0) is 9.52. The Morgan fingerprint density at radius 3 is 2.29 bits per heavy atom. The van der Waals surface area contributed by atoms with Crippen molar-refractivity contribution in [3.8, 4) is 0 Å². The van der Waals surface area contributed by atoms with E-state index in [9.17, 15) is 0 Å². The molecule has 0 spiro atoms. The van der Waals surface area contributed by atoms with Crippen LogP contribution in [0.5, 0.6) is 0 Å². The molecule has 1 N–H and O–H groups in total. The molecule has 0 saturated carbocycles. The monoisotopic (exact) mass is 215 g/mol. The molecule has 0 bridgehead atoms. The number of hydrogen-bond donors (Lipinski definition) is 1. The topological polar surface area (TPSA) is 13.7 Å². The fourth-order valence-corrected chi connectivity index (χ4v) is 1.31. The van der Waals surface area contributed by atoms with Crippen LogP contribution in [0.25, 0.3) is 0 Å². The summed E-state index contributed by atoms with van der Waals surface area (Å²) in [6.07, 6.45) is 0. The molecular formula is C11H18ClNO. The van der Waals surface area contributed by atoms with Gasteiger partial charge in [0.2, 0.25) is 0 Å². The van der Waals surface area contributed by atoms with Crippen LogP contribution < -0.4 is 17.5 Å². The van der Waals surface area contributed by atoms with E-state index in [2.05, 4.69) is 31.2 Å². The molecule has 0 fully saturated rings. The second-order valence-electron chi connectivity index (χ2n) is 2.99. The van der Waals surface area contributed by atoms with Gasteiger partial charge in [-0.05, 0) is 13.8 Å². The van der Waals surface area contributed by atoms with Crippen LogP contribution in [0, 0.1) is 0 Å². The molecule has 0 aliphatic carbocycles. The third-order valence-corrected chi connectivity index (χ3v) is 1.99. The van der Waals surface area contributed by atoms with Gasteiger partial charge in [-0.1, -0.05) is 30.3 Å². The lowest BCUT2D eigenvalue weighted by atomic mass is 10.2. The molecule has 14 heavy (non-hydrogen) atoms. The minimum atomic E-state index is 0. The quantitative estimate of drug-likeness (QED) is 0.564. The number of benzene rings is 1. The summed E-state index contributed by atoms with van der Waals surface area (Å²) >= 11 is 0. The predicted octanol–water partition coefficient (Wildman–Crippen LogP) is -1.95. The lowest BCUT2D eigenvalue weighted by molar-refractivity contribution is -1.10. The summed E-state index contributed by atoms with van der Waals surface area (Å²) in [5.41, 5.74) is 1.33. The van der Waals surface area contributed by atoms with Crippen molar-refractivity contribution >= 4 is 0 Å². The molecule has 3 heteroatoms. The van der Waals surface area contributed by atoms with Crippen LogP contribution in [0.4, 0.5) is 0 Å². The van der Waals surface area contributed by atoms with Crippen LogP contribution in [-0.4, -0.2) is 13.2 Å². The van der Waals surface area contributed by atoms with E-state index in [1.165, 1.54) is 10.6 Å². The summed E-state index contributed by atoms with van der Waals surface area (Å²) in [5.74, 6) is 0. The zero-order valence-corrected chi connectivity index (χ0v) is 9.55. The first-order valence-corrected chi connectivity index (χ1v) is 4.88. The van der Waals surface area contributed by atoms with Crippen molar-refractivity contribution in [2.24, 2.45) is 0 Å². The van der Waals surface area contributed by atoms with E-state index in [4.69, 9.17) is 4.84 Å². The molecule has 0 aromatic heterocycles. The van der Waals surface area contributed by atoms with E-state index in [1.807, 2.05) is 13.0 Å². The Bertz CT molecular complexity index is 228. The molecule has 1 atom stereocenters. The van der Waals surface area contributed by atoms with Gasteiger partial charge in [0, 0.05) is 5.56 Å². The highest BCUT2D eigenvalue weighted by atomic mass is 35.5. The van der Waals surface area contributed by atoms with E-state index >= 15 is 0 Å². The van der Waals surface area contributed by atoms with Crippen LogP contribution in [0.3, 0.4) is 0 Å². The molecule has 1 aromatic rings. The molecule has 0 saturated heterocycles. The van der Waals surface area contributed by atoms with Gasteiger partial charge < -0.3 is 12.4 Å². The predicted molar refractivity (Wildman–Crippen MR) is 53.3 cm³/mol. The van der Waals surface area contributed by atoms with Gasteiger partial charge in [0.15, 0.2) is 0 Å². The molecule has 80 valence electrons. The van der Waals surface area contributed by atoms with Crippen LogP contribution in [0.15, 0.2) is 30.3 Å². The van der Waals surface area contributed by atoms with Crippen molar-refractivity contribution in [2.45, 2.75) is 20.4 Å². The highest BCUT2D eigenvalue weighted by Gasteiger charge is 2.05. The van der Waals surface area contributed by atoms with Crippen molar-refractivity contribution in [3.05, 3.63) is 35.9 Å². The summed E-state index contributed by atoms with van der Waals surface area (Å²) in [6.45, 7) is 6.89. The number of nitrogens with one attached hydrogen (secondary N) is 1. The highest BCUT2D eigenvalue weighted by molar-refractivity contribution is 5.12. The molecule has 0 aliphatic rings. The standard InChI is InChI=1S/C11H17NO.ClH/c1-3-12(13-4-2)10-11-8-6-5-7-9-11;/h5-9H,3-4,10H2,1-2H3;1H. The van der Waals surface area contributed by atoms with Crippen molar-refractivity contribution < 1.29 is 22.3 Å². The average Bonchev–Trinajstić information content (AvgIpc) is 2.19. The Balaban J connectivity index is 0.00000169. The molecule has 1 unspecified atom stereocenters. The summed E-state index contributed by atoms with van der Waals surface area (Å²) in [7, 11) is 0. The lowest BCUT2D eigenvalue weighted by Crippen LogP contribution is -3.09. The summed E-state index contributed by atoms with van der Waals surface area (Å²) in [5, 5.41) is 1.17. The maximum Gasteiger partial charge on any atom is 0.133 e. The molecule has 0 amide bonds. The van der Waals surface area contributed by atoms with Gasteiger partial charge in [-0.25, -0.2) is 4.84 Å². The minimum absolute atomic E-state index is 0. The fourth-order valence-electron chi connectivity index (χ4n) is 1.31. The van der Waals surface area contributed by atoms with Gasteiger partial charge in [0.25, 0.3) is 0 Å². The third-order valence-electron chi connectivity index (χ3n) is 1.99. The van der Waals surface area contributed by atoms with Crippen LogP contribution in [0.2, 0.25) is 0 Å². The second-order valence-corrected chi connectivity index (χ2v) is 2.99. The number of hydrogen-bond acceptors (Lipinski definition) is 1. The van der Waals surface area contributed by atoms with E-state index in [0.29, 0.717) is 0 Å². The van der Waals surface area contributed by atoms with Gasteiger partial charge in [0.05, 0.1) is 0 Å². The van der Waals surface area contributed by atoms with Gasteiger partial charge in [0.1, 0.15) is 19.7 Å². The van der Waals surface area contributed by atoms with Crippen molar-refractivity contribution in [1.29, 1.82) is 0 Å². The second kappa shape index (κ2) is 7.80. The number of rotatable bonds is 5. The zero-order valence-electron chi connectivity index (χ0n) is 8.79. The van der Waals surface area contributed by atoms with Crippen molar-refractivity contribution in [2.75, 3.05) is 13.2 Å². The summed E-state index contributed by atoms with van der Waals surface area (Å²) < 4.78 is 0. The van der Waals surface area contributed by atoms with Gasteiger partial charge in [-0.15, -0.1) is 0 Å². The molecule has 0 heterocycles. The number of halogens is 1. The van der Waals surface area contributed by atoms with E-state index in [0.717, 1.165) is 19.7 Å². The Kier molecular flexibility index (Phi) is 7.48. The maximum atomic E-state index is 5.51. The third kappa shape index (κ3) is 4.61. The molecule has 2 nitrogen and oxygen atoms in total. The van der Waals surface area contributed by atoms with Gasteiger partial charge in [-0.3, -0.25) is 0 Å². The lowest BCUT2D eigenvalue weighted by Gasteiger charge is -2.14. The van der Waals surface area contributed by atoms with E-state index in [-0.39, 0.29) is 12.4 Å². The van der Waals surface area contributed by atoms with Gasteiger partial charge >= 0.3 is 0 Å². The Morgan fingerprint density at radius 1 is 1.14 bits per heavy atom. The van der Waals surface area contributed by atoms with Crippen LogP contribution in [0.1, 0.15) is 19.4 Å².